The Hall–Kier alpha value is -2.24. The van der Waals surface area contributed by atoms with Crippen molar-refractivity contribution in [1.82, 2.24) is 14.8 Å². The lowest BCUT2D eigenvalue weighted by Gasteiger charge is -2.06. The van der Waals surface area contributed by atoms with E-state index in [1.54, 1.807) is 39.5 Å². The number of H-pyrrole nitrogens is 1. The minimum absolute atomic E-state index is 0.262. The van der Waals surface area contributed by atoms with Crippen LogP contribution in [0, 0.1) is 0 Å². The van der Waals surface area contributed by atoms with Gasteiger partial charge in [-0.1, -0.05) is 0 Å². The summed E-state index contributed by atoms with van der Waals surface area (Å²) in [6.07, 6.45) is 0. The van der Waals surface area contributed by atoms with Crippen molar-refractivity contribution in [2.45, 2.75) is 0 Å². The van der Waals surface area contributed by atoms with Crippen LogP contribution in [0.3, 0.4) is 0 Å². The molecule has 0 atom stereocenters. The minimum atomic E-state index is -0.262. The number of methoxy groups -OCH3 is 2. The Bertz CT molecular complexity index is 564. The maximum Gasteiger partial charge on any atom is 0.343 e. The smallest absolute Gasteiger partial charge is 0.343 e. The van der Waals surface area contributed by atoms with E-state index in [1.807, 2.05) is 0 Å². The van der Waals surface area contributed by atoms with Crippen molar-refractivity contribution in [2.24, 2.45) is 7.05 Å². The number of aryl methyl sites for hydroxylation is 1. The zero-order valence-corrected chi connectivity index (χ0v) is 9.85. The molecule has 0 aliphatic carbocycles. The first-order valence-corrected chi connectivity index (χ1v) is 5.01. The van der Waals surface area contributed by atoms with Crippen molar-refractivity contribution >= 4 is 0 Å². The van der Waals surface area contributed by atoms with Crippen molar-refractivity contribution in [3.8, 4) is 22.9 Å². The van der Waals surface area contributed by atoms with Crippen LogP contribution in [0.25, 0.3) is 11.4 Å². The van der Waals surface area contributed by atoms with Crippen LogP contribution in [-0.2, 0) is 7.05 Å². The topological polar surface area (TPSA) is 69.1 Å². The Morgan fingerprint density at radius 3 is 2.18 bits per heavy atom. The number of rotatable bonds is 3. The number of hydrogen-bond donors (Lipinski definition) is 1. The maximum absolute atomic E-state index is 11.3. The lowest BCUT2D eigenvalue weighted by atomic mass is 10.2. The molecule has 0 fully saturated rings. The summed E-state index contributed by atoms with van der Waals surface area (Å²) in [6, 6.07) is 5.31. The van der Waals surface area contributed by atoms with Gasteiger partial charge in [-0.3, -0.25) is 4.98 Å². The lowest BCUT2D eigenvalue weighted by Crippen LogP contribution is -2.13. The summed E-state index contributed by atoms with van der Waals surface area (Å²) in [7, 11) is 4.72. The van der Waals surface area contributed by atoms with Crippen molar-refractivity contribution < 1.29 is 9.47 Å². The zero-order chi connectivity index (χ0) is 12.4. The van der Waals surface area contributed by atoms with Gasteiger partial charge in [0, 0.05) is 18.7 Å². The lowest BCUT2D eigenvalue weighted by molar-refractivity contribution is 0.394. The van der Waals surface area contributed by atoms with E-state index in [0.29, 0.717) is 17.3 Å². The van der Waals surface area contributed by atoms with Crippen molar-refractivity contribution in [1.29, 1.82) is 0 Å². The van der Waals surface area contributed by atoms with E-state index in [0.717, 1.165) is 5.56 Å². The molecule has 0 saturated heterocycles. The number of ether oxygens (including phenoxy) is 2. The van der Waals surface area contributed by atoms with E-state index in [1.165, 1.54) is 4.68 Å². The molecule has 17 heavy (non-hydrogen) atoms. The van der Waals surface area contributed by atoms with Gasteiger partial charge in [-0.2, -0.15) is 5.10 Å². The number of aromatic amines is 1. The van der Waals surface area contributed by atoms with Crippen LogP contribution in [0.15, 0.2) is 23.0 Å². The van der Waals surface area contributed by atoms with E-state index in [2.05, 4.69) is 10.1 Å². The molecule has 0 saturated carbocycles. The molecular formula is C11H13N3O3. The molecule has 1 aromatic carbocycles. The van der Waals surface area contributed by atoms with Gasteiger partial charge in [-0.15, -0.1) is 0 Å². The molecule has 6 heteroatoms. The molecule has 6 nitrogen and oxygen atoms in total. The Morgan fingerprint density at radius 2 is 1.76 bits per heavy atom. The Morgan fingerprint density at radius 1 is 1.18 bits per heavy atom. The SMILES string of the molecule is COc1cc(OC)cc(-c2nn(C)c(=O)[nH]2)c1. The second kappa shape index (κ2) is 4.32. The van der Waals surface area contributed by atoms with E-state index in [-0.39, 0.29) is 5.69 Å². The second-order valence-corrected chi connectivity index (χ2v) is 3.50. The molecule has 2 aromatic rings. The number of nitrogens with one attached hydrogen (secondary N) is 1. The fourth-order valence-electron chi connectivity index (χ4n) is 1.48. The van der Waals surface area contributed by atoms with Crippen molar-refractivity contribution in [3.63, 3.8) is 0 Å². The summed E-state index contributed by atoms with van der Waals surface area (Å²) >= 11 is 0. The Labute approximate surface area is 97.8 Å². The molecule has 0 aliphatic heterocycles. The van der Waals surface area contributed by atoms with Gasteiger partial charge in [-0.05, 0) is 12.1 Å². The fourth-order valence-corrected chi connectivity index (χ4v) is 1.48. The third-order valence-electron chi connectivity index (χ3n) is 2.39. The summed E-state index contributed by atoms with van der Waals surface area (Å²) in [5.41, 5.74) is 0.473. The molecule has 2 rings (SSSR count). The molecule has 0 aliphatic rings. The number of nitrogens with zero attached hydrogens (tertiary/aromatic N) is 2. The highest BCUT2D eigenvalue weighted by Gasteiger charge is 2.08. The van der Waals surface area contributed by atoms with Crippen LogP contribution in [0.5, 0.6) is 11.5 Å². The predicted molar refractivity (Wildman–Crippen MR) is 62.4 cm³/mol. The highest BCUT2D eigenvalue weighted by Crippen LogP contribution is 2.27. The second-order valence-electron chi connectivity index (χ2n) is 3.50. The predicted octanol–water partition coefficient (Wildman–Crippen LogP) is 0.793. The van der Waals surface area contributed by atoms with Gasteiger partial charge >= 0.3 is 5.69 Å². The molecule has 1 heterocycles. The van der Waals surface area contributed by atoms with Gasteiger partial charge in [0.25, 0.3) is 0 Å². The van der Waals surface area contributed by atoms with Crippen LogP contribution in [0.1, 0.15) is 0 Å². The number of aromatic nitrogens is 3. The Balaban J connectivity index is 2.54. The quantitative estimate of drug-likeness (QED) is 0.854. The van der Waals surface area contributed by atoms with Crippen LogP contribution >= 0.6 is 0 Å². The highest BCUT2D eigenvalue weighted by molar-refractivity contribution is 5.60. The van der Waals surface area contributed by atoms with Gasteiger partial charge in [0.05, 0.1) is 14.2 Å². The monoisotopic (exact) mass is 235 g/mol. The summed E-state index contributed by atoms with van der Waals surface area (Å²) in [6.45, 7) is 0. The van der Waals surface area contributed by atoms with Gasteiger partial charge in [0.2, 0.25) is 0 Å². The summed E-state index contributed by atoms with van der Waals surface area (Å²) < 4.78 is 11.5. The molecule has 0 bridgehead atoms. The van der Waals surface area contributed by atoms with E-state index >= 15 is 0 Å². The maximum atomic E-state index is 11.3. The van der Waals surface area contributed by atoms with Gasteiger partial charge in [-0.25, -0.2) is 9.48 Å². The molecule has 90 valence electrons. The van der Waals surface area contributed by atoms with Crippen LogP contribution < -0.4 is 15.2 Å². The summed E-state index contributed by atoms with van der Waals surface area (Å²) in [4.78, 5) is 14.0. The third-order valence-corrected chi connectivity index (χ3v) is 2.39. The van der Waals surface area contributed by atoms with E-state index in [9.17, 15) is 4.79 Å². The van der Waals surface area contributed by atoms with Crippen LogP contribution in [0.4, 0.5) is 0 Å². The molecule has 1 aromatic heterocycles. The van der Waals surface area contributed by atoms with Crippen molar-refractivity contribution in [2.75, 3.05) is 14.2 Å². The Kier molecular flexibility index (Phi) is 2.86. The molecule has 0 radical (unpaired) electrons. The normalized spacial score (nSPS) is 10.3. The van der Waals surface area contributed by atoms with E-state index < -0.39 is 0 Å². The average Bonchev–Trinajstić information content (AvgIpc) is 2.69. The molecular weight excluding hydrogens is 222 g/mol. The average molecular weight is 235 g/mol. The highest BCUT2D eigenvalue weighted by atomic mass is 16.5. The zero-order valence-electron chi connectivity index (χ0n) is 9.85. The van der Waals surface area contributed by atoms with Gasteiger partial charge in [0.15, 0.2) is 5.82 Å². The van der Waals surface area contributed by atoms with E-state index in [4.69, 9.17) is 9.47 Å². The van der Waals surface area contributed by atoms with Crippen LogP contribution in [-0.4, -0.2) is 29.0 Å². The van der Waals surface area contributed by atoms with Gasteiger partial charge < -0.3 is 9.47 Å². The number of benzene rings is 1. The molecule has 0 spiro atoms. The van der Waals surface area contributed by atoms with Crippen molar-refractivity contribution in [3.05, 3.63) is 28.7 Å². The third kappa shape index (κ3) is 2.15. The van der Waals surface area contributed by atoms with Gasteiger partial charge in [0.1, 0.15) is 11.5 Å². The largest absolute Gasteiger partial charge is 0.497 e. The fraction of sp³-hybridized carbons (Fsp3) is 0.273. The molecule has 0 unspecified atom stereocenters. The molecule has 1 N–H and O–H groups in total. The van der Waals surface area contributed by atoms with Crippen LogP contribution in [0.2, 0.25) is 0 Å². The first-order chi connectivity index (χ1) is 8.13. The standard InChI is InChI=1S/C11H13N3O3/c1-14-11(15)12-10(13-14)7-4-8(16-2)6-9(5-7)17-3/h4-6H,1-3H3,(H,12,13,15). The first kappa shape index (κ1) is 11.3. The first-order valence-electron chi connectivity index (χ1n) is 5.01. The summed E-state index contributed by atoms with van der Waals surface area (Å²) in [5.74, 6) is 1.77. The minimum Gasteiger partial charge on any atom is -0.497 e. The molecule has 0 amide bonds. The summed E-state index contributed by atoms with van der Waals surface area (Å²) in [5, 5.41) is 4.07. The number of hydrogen-bond acceptors (Lipinski definition) is 4.